The molecule has 0 heterocycles. The molecule has 0 aliphatic heterocycles. The molecule has 8 aromatic rings. The van der Waals surface area contributed by atoms with E-state index < -0.39 is 0 Å². The topological polar surface area (TPSA) is 0 Å². The van der Waals surface area contributed by atoms with Crippen molar-refractivity contribution >= 4 is 0 Å². The van der Waals surface area contributed by atoms with Crippen molar-refractivity contribution in [1.29, 1.82) is 0 Å². The second kappa shape index (κ2) is 20.6. The van der Waals surface area contributed by atoms with Gasteiger partial charge in [0.1, 0.15) is 0 Å². The normalized spacial score (nSPS) is 10.6. The van der Waals surface area contributed by atoms with Crippen LogP contribution in [0.1, 0.15) is 77.9 Å². The average molecular weight is 921 g/mol. The van der Waals surface area contributed by atoms with Crippen LogP contribution in [0.25, 0.3) is 22.3 Å². The second-order valence-electron chi connectivity index (χ2n) is 15.3. The molecule has 0 saturated carbocycles. The molecule has 8 aromatic carbocycles. The summed E-state index contributed by atoms with van der Waals surface area (Å²) < 4.78 is 0. The molecule has 10 rings (SSSR count). The molecule has 296 valence electrons. The van der Waals surface area contributed by atoms with Crippen LogP contribution in [0, 0.1) is 47.4 Å². The zero-order chi connectivity index (χ0) is 40.1. The Kier molecular flexibility index (Phi) is 14.5. The predicted octanol–water partition coefficient (Wildman–Crippen LogP) is 6.22. The second-order valence-corrected chi connectivity index (χ2v) is 15.3. The van der Waals surface area contributed by atoms with E-state index in [4.69, 9.17) is 0 Å². The summed E-state index contributed by atoms with van der Waals surface area (Å²) in [5.74, 6) is 27.7. The average Bonchev–Trinajstić information content (AvgIpc) is 3.87. The van der Waals surface area contributed by atoms with Gasteiger partial charge in [-0.25, -0.2) is 0 Å². The standard InChI is InChI=1S/C60H38.2ClH.Zr/c1-5-13-43(14-6-1)21-23-47-27-33-55-51(39-47)41-59-53(49(31-35-57(55)59)29-25-45-17-9-3-10-18-45)37-38-54-50(30-26-46-19-11-4-12-20-46)32-36-58-56-34-28-48(40-52(56)42-60(54)58)24-22-44-15-7-2-8-16-44;;;/h1-20,27-28,31-36,39-40H,37-38,41-42H2;2*1H;/q;;;+2/p-2. The fraction of sp³-hybridized carbons (Fsp3) is 0.0667. The summed E-state index contributed by atoms with van der Waals surface area (Å²) in [6, 6.07) is 63.4. The monoisotopic (exact) mass is 918 g/mol. The Bertz CT molecular complexity index is 2980. The van der Waals surface area contributed by atoms with Gasteiger partial charge in [-0.15, -0.1) is 0 Å². The maximum atomic E-state index is 3.62. The molecule has 0 spiro atoms. The molecule has 63 heavy (non-hydrogen) atoms. The van der Waals surface area contributed by atoms with Gasteiger partial charge in [-0.3, -0.25) is 0 Å². The number of rotatable bonds is 3. The molecule has 0 unspecified atom stereocenters. The molecule has 0 amide bonds. The van der Waals surface area contributed by atoms with Gasteiger partial charge in [-0.05, 0) is 166 Å². The van der Waals surface area contributed by atoms with E-state index in [1.165, 1.54) is 55.6 Å². The molecule has 0 bridgehead atoms. The first-order valence-corrected chi connectivity index (χ1v) is 20.6. The third-order valence-corrected chi connectivity index (χ3v) is 11.5. The summed E-state index contributed by atoms with van der Waals surface area (Å²) in [7, 11) is 0. The molecule has 0 nitrogen and oxygen atoms in total. The van der Waals surface area contributed by atoms with Gasteiger partial charge in [0.25, 0.3) is 0 Å². The number of hydrogen-bond donors (Lipinski definition) is 0. The minimum Gasteiger partial charge on any atom is -1.00 e. The van der Waals surface area contributed by atoms with Crippen LogP contribution in [-0.4, -0.2) is 0 Å². The molecule has 0 aromatic heterocycles. The molecular formula is C60H38Cl2Zr. The van der Waals surface area contributed by atoms with E-state index in [-0.39, 0.29) is 51.0 Å². The quantitative estimate of drug-likeness (QED) is 0.185. The summed E-state index contributed by atoms with van der Waals surface area (Å²) in [4.78, 5) is 0. The Balaban J connectivity index is 0.00000198. The van der Waals surface area contributed by atoms with Gasteiger partial charge in [-0.1, -0.05) is 144 Å². The molecule has 2 aliphatic carbocycles. The van der Waals surface area contributed by atoms with E-state index in [1.807, 2.05) is 72.8 Å². The van der Waals surface area contributed by atoms with E-state index in [0.717, 1.165) is 70.2 Å². The Morgan fingerprint density at radius 1 is 0.302 bits per heavy atom. The van der Waals surface area contributed by atoms with Gasteiger partial charge < -0.3 is 24.8 Å². The number of hydrogen-bond acceptors (Lipinski definition) is 0. The summed E-state index contributed by atoms with van der Waals surface area (Å²) in [5, 5.41) is 0. The van der Waals surface area contributed by atoms with Crippen molar-refractivity contribution in [3.05, 3.63) is 260 Å². The first-order chi connectivity index (χ1) is 29.7. The van der Waals surface area contributed by atoms with Crippen LogP contribution in [0.15, 0.2) is 182 Å². The number of halogens is 2. The van der Waals surface area contributed by atoms with Crippen LogP contribution in [0.2, 0.25) is 0 Å². The van der Waals surface area contributed by atoms with E-state index in [0.29, 0.717) is 0 Å². The first kappa shape index (κ1) is 44.5. The summed E-state index contributed by atoms with van der Waals surface area (Å²) in [6.45, 7) is 0. The zero-order valence-corrected chi connectivity index (χ0v) is 38.4. The maximum Gasteiger partial charge on any atom is 2.00 e. The van der Waals surface area contributed by atoms with Crippen LogP contribution < -0.4 is 24.8 Å². The fourth-order valence-electron chi connectivity index (χ4n) is 8.55. The third kappa shape index (κ3) is 9.91. The molecule has 0 saturated heterocycles. The van der Waals surface area contributed by atoms with Gasteiger partial charge in [0.2, 0.25) is 0 Å². The van der Waals surface area contributed by atoms with Crippen LogP contribution in [0.5, 0.6) is 0 Å². The molecule has 0 N–H and O–H groups in total. The predicted molar refractivity (Wildman–Crippen MR) is 246 cm³/mol. The minimum absolute atomic E-state index is 0. The largest absolute Gasteiger partial charge is 2.00 e. The molecule has 2 aliphatic rings. The Labute approximate surface area is 403 Å². The van der Waals surface area contributed by atoms with Gasteiger partial charge in [0.15, 0.2) is 0 Å². The third-order valence-electron chi connectivity index (χ3n) is 11.5. The molecule has 0 atom stereocenters. The molecule has 0 fully saturated rings. The molecule has 3 heteroatoms. The number of fused-ring (bicyclic) bond motifs is 6. The van der Waals surface area contributed by atoms with Crippen molar-refractivity contribution in [2.75, 3.05) is 0 Å². The minimum atomic E-state index is 0. The summed E-state index contributed by atoms with van der Waals surface area (Å²) >= 11 is 0. The summed E-state index contributed by atoms with van der Waals surface area (Å²) in [5.41, 5.74) is 21.5. The van der Waals surface area contributed by atoms with E-state index >= 15 is 0 Å². The van der Waals surface area contributed by atoms with Crippen LogP contribution in [0.4, 0.5) is 0 Å². The van der Waals surface area contributed by atoms with Crippen molar-refractivity contribution in [2.24, 2.45) is 0 Å². The van der Waals surface area contributed by atoms with Crippen LogP contribution in [0.3, 0.4) is 0 Å². The maximum absolute atomic E-state index is 3.62. The van der Waals surface area contributed by atoms with Gasteiger partial charge in [-0.2, -0.15) is 0 Å². The molecule has 0 radical (unpaired) electrons. The van der Waals surface area contributed by atoms with Crippen LogP contribution in [-0.2, 0) is 51.9 Å². The van der Waals surface area contributed by atoms with Crippen molar-refractivity contribution in [3.8, 4) is 69.6 Å². The Morgan fingerprint density at radius 3 is 0.952 bits per heavy atom. The van der Waals surface area contributed by atoms with E-state index in [2.05, 4.69) is 157 Å². The smallest absolute Gasteiger partial charge is 1.00 e. The van der Waals surface area contributed by atoms with Crippen molar-refractivity contribution in [2.45, 2.75) is 25.7 Å². The van der Waals surface area contributed by atoms with Crippen molar-refractivity contribution in [1.82, 2.24) is 0 Å². The fourth-order valence-corrected chi connectivity index (χ4v) is 8.55. The van der Waals surface area contributed by atoms with Crippen LogP contribution >= 0.6 is 0 Å². The van der Waals surface area contributed by atoms with Gasteiger partial charge in [0.05, 0.1) is 0 Å². The molecular weight excluding hydrogens is 883 g/mol. The first-order valence-electron chi connectivity index (χ1n) is 20.6. The van der Waals surface area contributed by atoms with Gasteiger partial charge in [0, 0.05) is 44.5 Å². The van der Waals surface area contributed by atoms with E-state index in [9.17, 15) is 0 Å². The number of benzene rings is 8. The van der Waals surface area contributed by atoms with Gasteiger partial charge >= 0.3 is 26.2 Å². The van der Waals surface area contributed by atoms with Crippen molar-refractivity contribution in [3.63, 3.8) is 0 Å². The zero-order valence-electron chi connectivity index (χ0n) is 34.4. The SMILES string of the molecule is C(#Cc1ccc2c(c1)Cc1c-2ccc(C#Cc2ccccc2)c1CCc1c(C#Cc2ccccc2)ccc2c1Cc1cc(C#Cc3ccccc3)ccc1-2)c1ccccc1.[Cl-].[Cl-].[Zr+2]. The Morgan fingerprint density at radius 2 is 0.603 bits per heavy atom. The van der Waals surface area contributed by atoms with Crippen molar-refractivity contribution < 1.29 is 51.0 Å². The Hall–Kier alpha value is -6.54. The summed E-state index contributed by atoms with van der Waals surface area (Å²) in [6.07, 6.45) is 3.40. The van der Waals surface area contributed by atoms with E-state index in [1.54, 1.807) is 0 Å².